The summed E-state index contributed by atoms with van der Waals surface area (Å²) in [5.41, 5.74) is 0.751. The SMILES string of the molecule is CC1CCN(c2nnc(SCc3noc(-c4ccccc4Cl)n3)n2C2CC2)CC1. The van der Waals surface area contributed by atoms with E-state index in [1.807, 2.05) is 24.3 Å². The fraction of sp³-hybridized carbons (Fsp3) is 0.500. The van der Waals surface area contributed by atoms with Crippen molar-refractivity contribution in [3.8, 4) is 11.5 Å². The second kappa shape index (κ2) is 7.99. The molecule has 0 bridgehead atoms. The zero-order valence-electron chi connectivity index (χ0n) is 16.3. The monoisotopic (exact) mass is 430 g/mol. The first kappa shape index (κ1) is 18.9. The Morgan fingerprint density at radius 3 is 2.69 bits per heavy atom. The second-order valence-electron chi connectivity index (χ2n) is 7.84. The first-order valence-electron chi connectivity index (χ1n) is 10.1. The summed E-state index contributed by atoms with van der Waals surface area (Å²) in [6.07, 6.45) is 4.82. The third-order valence-electron chi connectivity index (χ3n) is 5.53. The lowest BCUT2D eigenvalue weighted by molar-refractivity contribution is 0.425. The molecule has 0 unspecified atom stereocenters. The largest absolute Gasteiger partial charge is 0.341 e. The van der Waals surface area contributed by atoms with E-state index in [-0.39, 0.29) is 0 Å². The van der Waals surface area contributed by atoms with Crippen LogP contribution < -0.4 is 4.90 Å². The van der Waals surface area contributed by atoms with Crippen molar-refractivity contribution in [2.24, 2.45) is 5.92 Å². The Labute approximate surface area is 178 Å². The van der Waals surface area contributed by atoms with Gasteiger partial charge in [0.15, 0.2) is 11.0 Å². The van der Waals surface area contributed by atoms with E-state index in [4.69, 9.17) is 16.1 Å². The summed E-state index contributed by atoms with van der Waals surface area (Å²) >= 11 is 7.84. The van der Waals surface area contributed by atoms with Crippen molar-refractivity contribution in [3.63, 3.8) is 0 Å². The molecule has 7 nitrogen and oxygen atoms in total. The number of hydrogen-bond donors (Lipinski definition) is 0. The minimum Gasteiger partial charge on any atom is -0.341 e. The molecule has 1 aliphatic heterocycles. The van der Waals surface area contributed by atoms with Gasteiger partial charge in [-0.3, -0.25) is 4.57 Å². The number of hydrogen-bond acceptors (Lipinski definition) is 7. The number of aromatic nitrogens is 5. The maximum absolute atomic E-state index is 6.23. The summed E-state index contributed by atoms with van der Waals surface area (Å²) in [5.74, 6) is 3.46. The second-order valence-corrected chi connectivity index (χ2v) is 9.19. The highest BCUT2D eigenvalue weighted by molar-refractivity contribution is 7.98. The highest BCUT2D eigenvalue weighted by Crippen LogP contribution is 2.42. The van der Waals surface area contributed by atoms with Crippen LogP contribution in [-0.2, 0) is 5.75 Å². The van der Waals surface area contributed by atoms with Crippen LogP contribution in [0, 0.1) is 5.92 Å². The van der Waals surface area contributed by atoms with Gasteiger partial charge in [0.2, 0.25) is 5.95 Å². The summed E-state index contributed by atoms with van der Waals surface area (Å²) in [7, 11) is 0. The van der Waals surface area contributed by atoms with Gasteiger partial charge in [0.1, 0.15) is 0 Å². The number of benzene rings is 1. The van der Waals surface area contributed by atoms with Crippen molar-refractivity contribution < 1.29 is 4.52 Å². The van der Waals surface area contributed by atoms with Crippen molar-refractivity contribution in [2.45, 2.75) is 49.6 Å². The third kappa shape index (κ3) is 4.00. The standard InChI is InChI=1S/C20H23ClN6OS/c1-13-8-10-26(11-9-13)19-23-24-20(27(19)14-6-7-14)29-12-17-22-18(28-25-17)15-4-2-3-5-16(15)21/h2-5,13-14H,6-12H2,1H3. The molecule has 2 aromatic heterocycles. The zero-order valence-corrected chi connectivity index (χ0v) is 17.9. The average molecular weight is 431 g/mol. The van der Waals surface area contributed by atoms with Crippen molar-refractivity contribution in [2.75, 3.05) is 18.0 Å². The maximum Gasteiger partial charge on any atom is 0.259 e. The van der Waals surface area contributed by atoms with Gasteiger partial charge < -0.3 is 9.42 Å². The van der Waals surface area contributed by atoms with Gasteiger partial charge in [-0.25, -0.2) is 0 Å². The van der Waals surface area contributed by atoms with Gasteiger partial charge in [-0.15, -0.1) is 10.2 Å². The van der Waals surface area contributed by atoms with Crippen LogP contribution in [0.25, 0.3) is 11.5 Å². The van der Waals surface area contributed by atoms with Gasteiger partial charge >= 0.3 is 0 Å². The molecule has 152 valence electrons. The Bertz CT molecular complexity index is 993. The highest BCUT2D eigenvalue weighted by atomic mass is 35.5. The van der Waals surface area contributed by atoms with Crippen molar-refractivity contribution in [1.82, 2.24) is 24.9 Å². The smallest absolute Gasteiger partial charge is 0.259 e. The van der Waals surface area contributed by atoms with Gasteiger partial charge in [0.25, 0.3) is 5.89 Å². The van der Waals surface area contributed by atoms with Crippen molar-refractivity contribution in [3.05, 3.63) is 35.1 Å². The van der Waals surface area contributed by atoms with Crippen molar-refractivity contribution in [1.29, 1.82) is 0 Å². The molecule has 2 aliphatic rings. The van der Waals surface area contributed by atoms with E-state index in [9.17, 15) is 0 Å². The number of halogens is 1. The molecule has 0 atom stereocenters. The third-order valence-corrected chi connectivity index (χ3v) is 6.80. The molecule has 1 aliphatic carbocycles. The fourth-order valence-corrected chi connectivity index (χ4v) is 4.69. The number of thioether (sulfide) groups is 1. The first-order chi connectivity index (χ1) is 14.2. The first-order valence-corrected chi connectivity index (χ1v) is 11.5. The molecule has 2 fully saturated rings. The molecule has 5 rings (SSSR count). The molecular formula is C20H23ClN6OS. The van der Waals surface area contributed by atoms with E-state index < -0.39 is 0 Å². The molecular weight excluding hydrogens is 408 g/mol. The Morgan fingerprint density at radius 1 is 1.14 bits per heavy atom. The van der Waals surface area contributed by atoms with E-state index in [0.29, 0.717) is 28.5 Å². The van der Waals surface area contributed by atoms with Crippen LogP contribution in [0.5, 0.6) is 0 Å². The van der Waals surface area contributed by atoms with Crippen LogP contribution in [0.1, 0.15) is 44.5 Å². The highest BCUT2D eigenvalue weighted by Gasteiger charge is 2.32. The normalized spacial score (nSPS) is 17.8. The van der Waals surface area contributed by atoms with Crippen LogP contribution in [0.15, 0.2) is 33.9 Å². The molecule has 1 saturated heterocycles. The van der Waals surface area contributed by atoms with Gasteiger partial charge in [-0.1, -0.05) is 47.6 Å². The summed E-state index contributed by atoms with van der Waals surface area (Å²) in [5, 5.41) is 14.7. The molecule has 29 heavy (non-hydrogen) atoms. The lowest BCUT2D eigenvalue weighted by Gasteiger charge is -2.31. The lowest BCUT2D eigenvalue weighted by atomic mass is 10.00. The molecule has 1 aromatic carbocycles. The molecule has 3 heterocycles. The lowest BCUT2D eigenvalue weighted by Crippen LogP contribution is -2.34. The maximum atomic E-state index is 6.23. The van der Waals surface area contributed by atoms with E-state index in [0.717, 1.165) is 35.7 Å². The topological polar surface area (TPSA) is 72.9 Å². The van der Waals surface area contributed by atoms with Crippen LogP contribution in [0.4, 0.5) is 5.95 Å². The average Bonchev–Trinajstić information content (AvgIpc) is 3.31. The number of nitrogens with zero attached hydrogens (tertiary/aromatic N) is 6. The van der Waals surface area contributed by atoms with E-state index in [1.165, 1.54) is 25.7 Å². The quantitative estimate of drug-likeness (QED) is 0.517. The van der Waals surface area contributed by atoms with E-state index in [1.54, 1.807) is 11.8 Å². The van der Waals surface area contributed by atoms with Crippen LogP contribution in [-0.4, -0.2) is 38.0 Å². The molecule has 0 N–H and O–H groups in total. The summed E-state index contributed by atoms with van der Waals surface area (Å²) in [6.45, 7) is 4.44. The molecule has 0 spiro atoms. The zero-order chi connectivity index (χ0) is 19.8. The predicted octanol–water partition coefficient (Wildman–Crippen LogP) is 4.85. The Hall–Kier alpha value is -2.06. The number of rotatable bonds is 6. The number of anilines is 1. The summed E-state index contributed by atoms with van der Waals surface area (Å²) in [6, 6.07) is 8.00. The van der Waals surface area contributed by atoms with E-state index >= 15 is 0 Å². The molecule has 1 saturated carbocycles. The van der Waals surface area contributed by atoms with E-state index in [2.05, 4.69) is 36.7 Å². The van der Waals surface area contributed by atoms with Gasteiger partial charge in [-0.05, 0) is 43.7 Å². The van der Waals surface area contributed by atoms with Gasteiger partial charge in [0.05, 0.1) is 16.3 Å². The van der Waals surface area contributed by atoms with Crippen LogP contribution >= 0.6 is 23.4 Å². The molecule has 9 heteroatoms. The fourth-order valence-electron chi connectivity index (χ4n) is 3.63. The van der Waals surface area contributed by atoms with Crippen LogP contribution in [0.2, 0.25) is 5.02 Å². The van der Waals surface area contributed by atoms with Gasteiger partial charge in [0, 0.05) is 19.1 Å². The molecule has 0 amide bonds. The molecule has 3 aromatic rings. The minimum absolute atomic E-state index is 0.443. The predicted molar refractivity (Wildman–Crippen MR) is 113 cm³/mol. The summed E-state index contributed by atoms with van der Waals surface area (Å²) in [4.78, 5) is 6.89. The van der Waals surface area contributed by atoms with Crippen molar-refractivity contribution >= 4 is 29.3 Å². The summed E-state index contributed by atoms with van der Waals surface area (Å²) < 4.78 is 7.73. The Morgan fingerprint density at radius 2 is 1.93 bits per heavy atom. The minimum atomic E-state index is 0.443. The van der Waals surface area contributed by atoms with Crippen LogP contribution in [0.3, 0.4) is 0 Å². The Balaban J connectivity index is 1.31. The molecule has 0 radical (unpaired) electrons. The Kier molecular flexibility index (Phi) is 5.22. The number of piperidine rings is 1. The van der Waals surface area contributed by atoms with Gasteiger partial charge in [-0.2, -0.15) is 4.98 Å².